The van der Waals surface area contributed by atoms with Crippen molar-refractivity contribution in [1.29, 1.82) is 0 Å². The van der Waals surface area contributed by atoms with Crippen molar-refractivity contribution in [2.24, 2.45) is 0 Å². The summed E-state index contributed by atoms with van der Waals surface area (Å²) in [5, 5.41) is 1.98. The number of hydrogen-bond donors (Lipinski definition) is 0. The average molecular weight is 1030 g/mol. The van der Waals surface area contributed by atoms with Crippen LogP contribution in [0.2, 0.25) is 17.3 Å². The number of rotatable bonds is 7. The smallest absolute Gasteiger partial charge is 0 e. The van der Waals surface area contributed by atoms with Gasteiger partial charge in [-0.05, 0) is 42.3 Å². The van der Waals surface area contributed by atoms with Gasteiger partial charge in [-0.2, -0.15) is 0 Å². The van der Waals surface area contributed by atoms with Crippen LogP contribution < -0.4 is 4.40 Å². The summed E-state index contributed by atoms with van der Waals surface area (Å²) < 4.78 is 18.1. The van der Waals surface area contributed by atoms with E-state index in [0.29, 0.717) is 5.71 Å². The molecule has 0 bridgehead atoms. The summed E-state index contributed by atoms with van der Waals surface area (Å²) in [4.78, 5) is 14.5. The van der Waals surface area contributed by atoms with E-state index in [4.69, 9.17) is 10.8 Å². The van der Waals surface area contributed by atoms with Gasteiger partial charge >= 0.3 is 120 Å². The number of aryl methyl sites for hydroxylation is 1. The zero-order valence-corrected chi connectivity index (χ0v) is 39.6. The van der Waals surface area contributed by atoms with Gasteiger partial charge in [0, 0.05) is 42.3 Å². The molecule has 0 saturated heterocycles. The Morgan fingerprint density at radius 3 is 2.00 bits per heavy atom. The summed E-state index contributed by atoms with van der Waals surface area (Å²) in [6, 6.07) is 60.9. The second kappa shape index (κ2) is 17.6. The van der Waals surface area contributed by atoms with Gasteiger partial charge in [-0.15, -0.1) is 18.2 Å². The summed E-state index contributed by atoms with van der Waals surface area (Å²) in [7, 11) is 0. The van der Waals surface area contributed by atoms with Gasteiger partial charge in [-0.25, -0.2) is 4.98 Å². The standard InChI is InChI=1S/C37H24N3O.C17H22GeN.Ir/c1-24-22-23-30-29-18-11-19-31(35(29)41-37(30)38-24)36-39-32-20-8-9-21-33(32)40(36)34-27(25-12-4-2-5-13-25)16-10-17-28(34)26-14-6-3-7-15-26;1-13(2)14-6-8-15(9-7-14)17-11-10-16(12-19-17)18(3,4)5;/h2-18,20-23H,1H3;6-8,10-13H,1-5H3;/q2*-1;/i;13D;. The van der Waals surface area contributed by atoms with Crippen LogP contribution in [0.25, 0.3) is 83.7 Å². The van der Waals surface area contributed by atoms with Gasteiger partial charge in [0.2, 0.25) is 5.71 Å². The van der Waals surface area contributed by atoms with Crippen molar-refractivity contribution in [3.05, 3.63) is 187 Å². The summed E-state index contributed by atoms with van der Waals surface area (Å²) >= 11 is -1.78. The number of hydrogen-bond acceptors (Lipinski definition) is 4. The maximum Gasteiger partial charge on any atom is 0 e. The first-order valence-corrected chi connectivity index (χ1v) is 27.7. The molecule has 0 aliphatic heterocycles. The van der Waals surface area contributed by atoms with E-state index < -0.39 is 19.2 Å². The first-order valence-electron chi connectivity index (χ1n) is 20.9. The van der Waals surface area contributed by atoms with Crippen molar-refractivity contribution in [2.75, 3.05) is 0 Å². The van der Waals surface area contributed by atoms with Crippen LogP contribution in [-0.4, -0.2) is 32.8 Å². The van der Waals surface area contributed by atoms with Crippen molar-refractivity contribution in [1.82, 2.24) is 19.5 Å². The molecule has 0 unspecified atom stereocenters. The summed E-state index contributed by atoms with van der Waals surface area (Å²) in [6.45, 7) is 5.75. The number of benzene rings is 6. The minimum absolute atomic E-state index is 0. The molecule has 7 heteroatoms. The third-order valence-corrected chi connectivity index (χ3v) is 15.2. The Balaban J connectivity index is 0.000000214. The van der Waals surface area contributed by atoms with Crippen LogP contribution in [0.1, 0.15) is 32.4 Å². The molecule has 0 fully saturated rings. The van der Waals surface area contributed by atoms with Crippen LogP contribution in [0.15, 0.2) is 168 Å². The molecule has 4 heterocycles. The van der Waals surface area contributed by atoms with E-state index in [-0.39, 0.29) is 20.1 Å². The zero-order chi connectivity index (χ0) is 42.3. The maximum atomic E-state index is 8.02. The SMILES string of the molecule is Cc1ccc2c(n1)oc1c(-c3nc4ccccc4n3-c3c(-c4ccccc4)cccc3-c3ccccc3)[c-]ccc12.[2H]C(C)(C)c1c[c-]c(-c2cc[c]([Ge]([CH3])([CH3])[CH3])cn2)cc1.[Ir]. The van der Waals surface area contributed by atoms with Crippen molar-refractivity contribution >= 4 is 50.8 Å². The fourth-order valence-corrected chi connectivity index (χ4v) is 9.85. The average Bonchev–Trinajstić information content (AvgIpc) is 3.85. The quantitative estimate of drug-likeness (QED) is 0.118. The third-order valence-electron chi connectivity index (χ3n) is 10.9. The molecular formula is C54H46GeIrN4O-2. The number of furan rings is 1. The van der Waals surface area contributed by atoms with Gasteiger partial charge in [0.05, 0.1) is 28.1 Å². The Labute approximate surface area is 375 Å². The van der Waals surface area contributed by atoms with E-state index in [0.717, 1.165) is 89.2 Å². The predicted molar refractivity (Wildman–Crippen MR) is 252 cm³/mol. The topological polar surface area (TPSA) is 56.7 Å². The van der Waals surface area contributed by atoms with E-state index in [9.17, 15) is 0 Å². The Kier molecular flexibility index (Phi) is 11.7. The van der Waals surface area contributed by atoms with E-state index in [1.54, 1.807) is 0 Å². The monoisotopic (exact) mass is 1030 g/mol. The molecule has 0 saturated carbocycles. The third kappa shape index (κ3) is 8.41. The van der Waals surface area contributed by atoms with Crippen LogP contribution in [-0.2, 0) is 20.1 Å². The molecule has 0 aliphatic carbocycles. The molecule has 10 rings (SSSR count). The molecule has 0 atom stereocenters. The summed E-state index contributed by atoms with van der Waals surface area (Å²) in [6.07, 6.45) is 2.02. The molecule has 1 radical (unpaired) electrons. The van der Waals surface area contributed by atoms with E-state index in [1.165, 1.54) is 4.40 Å². The van der Waals surface area contributed by atoms with Crippen LogP contribution in [0.3, 0.4) is 0 Å². The Hall–Kier alpha value is -5.92. The van der Waals surface area contributed by atoms with Gasteiger partial charge in [-0.3, -0.25) is 4.98 Å². The second-order valence-electron chi connectivity index (χ2n) is 16.4. The minimum Gasteiger partial charge on any atom is 0 e. The van der Waals surface area contributed by atoms with Gasteiger partial charge in [0.15, 0.2) is 0 Å². The minimum atomic E-state index is -1.78. The van der Waals surface area contributed by atoms with Crippen LogP contribution in [0.4, 0.5) is 0 Å². The normalized spacial score (nSPS) is 11.9. The summed E-state index contributed by atoms with van der Waals surface area (Å²) in [5.74, 6) is 7.30. The van der Waals surface area contributed by atoms with Crippen molar-refractivity contribution in [3.8, 4) is 50.6 Å². The molecule has 4 aromatic heterocycles. The van der Waals surface area contributed by atoms with Crippen molar-refractivity contribution < 1.29 is 25.9 Å². The number of pyridine rings is 2. The molecular weight excluding hydrogens is 985 g/mol. The van der Waals surface area contributed by atoms with Crippen LogP contribution in [0, 0.1) is 19.1 Å². The van der Waals surface area contributed by atoms with Gasteiger partial charge in [-0.1, -0.05) is 102 Å². The van der Waals surface area contributed by atoms with Gasteiger partial charge < -0.3 is 8.98 Å². The molecule has 10 aromatic rings. The molecule has 303 valence electrons. The summed E-state index contributed by atoms with van der Waals surface area (Å²) in [5.41, 5.74) is 13.5. The predicted octanol–water partition coefficient (Wildman–Crippen LogP) is 13.6. The fourth-order valence-electron chi connectivity index (χ4n) is 7.68. The Morgan fingerprint density at radius 2 is 1.38 bits per heavy atom. The second-order valence-corrected chi connectivity index (χ2v) is 27.0. The molecule has 0 N–H and O–H groups in total. The van der Waals surface area contributed by atoms with Gasteiger partial charge in [0.1, 0.15) is 0 Å². The number of para-hydroxylation sites is 3. The number of aromatic nitrogens is 4. The number of fused-ring (bicyclic) bond motifs is 4. The first kappa shape index (κ1) is 40.5. The molecule has 61 heavy (non-hydrogen) atoms. The fraction of sp³-hybridized carbons (Fsp3) is 0.130. The van der Waals surface area contributed by atoms with E-state index in [2.05, 4.69) is 159 Å². The number of imidazole rings is 1. The molecule has 6 aromatic carbocycles. The largest absolute Gasteiger partial charge is 0 e. The Bertz CT molecular complexity index is 3040. The molecule has 0 spiro atoms. The number of nitrogens with zero attached hydrogens (tertiary/aromatic N) is 4. The van der Waals surface area contributed by atoms with Crippen LogP contribution >= 0.6 is 0 Å². The zero-order valence-electron chi connectivity index (χ0n) is 36.1. The Morgan fingerprint density at radius 1 is 0.689 bits per heavy atom. The molecule has 5 nitrogen and oxygen atoms in total. The molecule has 0 amide bonds. The van der Waals surface area contributed by atoms with Crippen molar-refractivity contribution in [3.63, 3.8) is 0 Å². The maximum absolute atomic E-state index is 8.02. The van der Waals surface area contributed by atoms with Crippen LogP contribution in [0.5, 0.6) is 0 Å². The van der Waals surface area contributed by atoms with Gasteiger partial charge in [0.25, 0.3) is 0 Å². The van der Waals surface area contributed by atoms with E-state index >= 15 is 0 Å². The molecule has 0 aliphatic rings. The first-order chi connectivity index (χ1) is 29.4. The van der Waals surface area contributed by atoms with Crippen molar-refractivity contribution in [2.45, 2.75) is 43.9 Å². The van der Waals surface area contributed by atoms with E-state index in [1.807, 2.05) is 69.4 Å².